The van der Waals surface area contributed by atoms with Crippen molar-refractivity contribution in [1.29, 1.82) is 5.26 Å². The maximum atomic E-state index is 11.4. The molecule has 21 heavy (non-hydrogen) atoms. The van der Waals surface area contributed by atoms with Gasteiger partial charge in [0.2, 0.25) is 0 Å². The highest BCUT2D eigenvalue weighted by atomic mass is 16.6. The van der Waals surface area contributed by atoms with E-state index in [4.69, 9.17) is 19.5 Å². The summed E-state index contributed by atoms with van der Waals surface area (Å²) in [5.41, 5.74) is -0.0348. The molecule has 0 saturated carbocycles. The van der Waals surface area contributed by atoms with Gasteiger partial charge < -0.3 is 19.5 Å². The molecule has 0 aliphatic rings. The van der Waals surface area contributed by atoms with Crippen LogP contribution in [-0.4, -0.2) is 32.0 Å². The van der Waals surface area contributed by atoms with E-state index in [1.807, 2.05) is 6.07 Å². The van der Waals surface area contributed by atoms with Crippen LogP contribution in [0, 0.1) is 11.3 Å². The molecule has 0 radical (unpaired) electrons. The van der Waals surface area contributed by atoms with Crippen LogP contribution in [0.15, 0.2) is 18.2 Å². The van der Waals surface area contributed by atoms with E-state index < -0.39 is 11.7 Å². The zero-order chi connectivity index (χ0) is 15.9. The predicted molar refractivity (Wildman–Crippen MR) is 77.4 cm³/mol. The molecule has 1 N–H and O–H groups in total. The number of nitriles is 1. The molecule has 0 heterocycles. The molecule has 6 heteroatoms. The van der Waals surface area contributed by atoms with E-state index in [0.29, 0.717) is 23.6 Å². The van der Waals surface area contributed by atoms with E-state index >= 15 is 0 Å². The average molecular weight is 292 g/mol. The fourth-order valence-corrected chi connectivity index (χ4v) is 1.48. The summed E-state index contributed by atoms with van der Waals surface area (Å²) in [6.45, 7) is 5.96. The zero-order valence-electron chi connectivity index (χ0n) is 12.7. The Balaban J connectivity index is 2.43. The molecule has 1 amide bonds. The van der Waals surface area contributed by atoms with Gasteiger partial charge in [-0.1, -0.05) is 0 Å². The molecule has 0 aromatic heterocycles. The average Bonchev–Trinajstić information content (AvgIpc) is 2.41. The monoisotopic (exact) mass is 292 g/mol. The summed E-state index contributed by atoms with van der Waals surface area (Å²) in [5.74, 6) is 0.994. The van der Waals surface area contributed by atoms with Crippen LogP contribution in [0.25, 0.3) is 0 Å². The highest BCUT2D eigenvalue weighted by Crippen LogP contribution is 2.27. The second kappa shape index (κ2) is 7.39. The number of methoxy groups -OCH3 is 1. The lowest BCUT2D eigenvalue weighted by molar-refractivity contribution is 0.0520. The molecule has 1 rings (SSSR count). The molecule has 0 aliphatic heterocycles. The van der Waals surface area contributed by atoms with Crippen molar-refractivity contribution in [1.82, 2.24) is 5.32 Å². The molecule has 0 fully saturated rings. The molecule has 0 unspecified atom stereocenters. The third-order valence-electron chi connectivity index (χ3n) is 2.32. The normalized spacial score (nSPS) is 10.4. The van der Waals surface area contributed by atoms with E-state index in [9.17, 15) is 4.79 Å². The number of rotatable bonds is 5. The van der Waals surface area contributed by atoms with Gasteiger partial charge in [-0.2, -0.15) is 5.26 Å². The quantitative estimate of drug-likeness (QED) is 0.843. The third kappa shape index (κ3) is 6.04. The van der Waals surface area contributed by atoms with E-state index in [1.54, 1.807) is 39.0 Å². The molecule has 0 bridgehead atoms. The Morgan fingerprint density at radius 2 is 2.05 bits per heavy atom. The lowest BCUT2D eigenvalue weighted by atomic mass is 10.2. The Bertz CT molecular complexity index is 529. The lowest BCUT2D eigenvalue weighted by Crippen LogP contribution is -2.34. The van der Waals surface area contributed by atoms with Gasteiger partial charge in [-0.25, -0.2) is 4.79 Å². The first-order valence-electron chi connectivity index (χ1n) is 6.53. The molecule has 114 valence electrons. The minimum Gasteiger partial charge on any atom is -0.493 e. The van der Waals surface area contributed by atoms with Gasteiger partial charge >= 0.3 is 6.09 Å². The molecule has 0 aliphatic carbocycles. The number of carbonyl (C=O) groups excluding carboxylic acids is 1. The Morgan fingerprint density at radius 1 is 1.33 bits per heavy atom. The first-order chi connectivity index (χ1) is 9.85. The minimum atomic E-state index is -0.527. The van der Waals surface area contributed by atoms with Crippen LogP contribution in [0.1, 0.15) is 26.3 Å². The lowest BCUT2D eigenvalue weighted by Gasteiger charge is -2.19. The molecule has 0 atom stereocenters. The van der Waals surface area contributed by atoms with Crippen molar-refractivity contribution in [3.05, 3.63) is 23.8 Å². The number of carbonyl (C=O) groups is 1. The number of ether oxygens (including phenoxy) is 3. The molecular formula is C15H20N2O4. The second-order valence-electron chi connectivity index (χ2n) is 5.25. The van der Waals surface area contributed by atoms with Gasteiger partial charge in [0.25, 0.3) is 0 Å². The van der Waals surface area contributed by atoms with Crippen LogP contribution in [0.5, 0.6) is 11.5 Å². The third-order valence-corrected chi connectivity index (χ3v) is 2.32. The fraction of sp³-hybridized carbons (Fsp3) is 0.467. The highest BCUT2D eigenvalue weighted by molar-refractivity contribution is 5.67. The van der Waals surface area contributed by atoms with Crippen LogP contribution in [0.3, 0.4) is 0 Å². The van der Waals surface area contributed by atoms with Crippen molar-refractivity contribution in [3.63, 3.8) is 0 Å². The van der Waals surface area contributed by atoms with Crippen LogP contribution in [0.2, 0.25) is 0 Å². The van der Waals surface area contributed by atoms with Crippen LogP contribution in [-0.2, 0) is 4.74 Å². The second-order valence-corrected chi connectivity index (χ2v) is 5.25. The molecule has 1 aromatic rings. The van der Waals surface area contributed by atoms with Crippen LogP contribution < -0.4 is 14.8 Å². The largest absolute Gasteiger partial charge is 0.493 e. The van der Waals surface area contributed by atoms with Crippen molar-refractivity contribution in [2.45, 2.75) is 26.4 Å². The van der Waals surface area contributed by atoms with Gasteiger partial charge in [-0.3, -0.25) is 0 Å². The van der Waals surface area contributed by atoms with Crippen LogP contribution in [0.4, 0.5) is 4.79 Å². The summed E-state index contributed by atoms with van der Waals surface area (Å²) < 4.78 is 15.7. The smallest absolute Gasteiger partial charge is 0.407 e. The topological polar surface area (TPSA) is 80.6 Å². The van der Waals surface area contributed by atoms with Gasteiger partial charge in [-0.15, -0.1) is 0 Å². The van der Waals surface area contributed by atoms with Crippen molar-refractivity contribution < 1.29 is 19.0 Å². The Hall–Kier alpha value is -2.42. The zero-order valence-corrected chi connectivity index (χ0v) is 12.7. The van der Waals surface area contributed by atoms with Crippen molar-refractivity contribution >= 4 is 6.09 Å². The minimum absolute atomic E-state index is 0.265. The van der Waals surface area contributed by atoms with Crippen LogP contribution >= 0.6 is 0 Å². The van der Waals surface area contributed by atoms with E-state index in [1.165, 1.54) is 7.11 Å². The van der Waals surface area contributed by atoms with E-state index in [-0.39, 0.29) is 6.61 Å². The summed E-state index contributed by atoms with van der Waals surface area (Å²) in [6, 6.07) is 6.91. The first kappa shape index (κ1) is 16.6. The number of amides is 1. The maximum absolute atomic E-state index is 11.4. The van der Waals surface area contributed by atoms with Gasteiger partial charge in [-0.05, 0) is 32.9 Å². The summed E-state index contributed by atoms with van der Waals surface area (Å²) in [4.78, 5) is 11.4. The Labute approximate surface area is 124 Å². The molecule has 0 saturated heterocycles. The number of alkyl carbamates (subject to hydrolysis) is 1. The highest BCUT2D eigenvalue weighted by Gasteiger charge is 2.15. The standard InChI is InChI=1S/C15H20N2O4/c1-15(2,3)21-14(18)17-7-8-20-12-6-5-11(10-16)9-13(12)19-4/h5-6,9H,7-8H2,1-4H3,(H,17,18). The van der Waals surface area contributed by atoms with Gasteiger partial charge in [0.15, 0.2) is 11.5 Å². The first-order valence-corrected chi connectivity index (χ1v) is 6.53. The SMILES string of the molecule is COc1cc(C#N)ccc1OCCNC(=O)OC(C)(C)C. The summed E-state index contributed by atoms with van der Waals surface area (Å²) in [7, 11) is 1.50. The number of nitrogens with one attached hydrogen (secondary N) is 1. The van der Waals surface area contributed by atoms with Gasteiger partial charge in [0, 0.05) is 6.07 Å². The van der Waals surface area contributed by atoms with Crippen molar-refractivity contribution in [2.75, 3.05) is 20.3 Å². The van der Waals surface area contributed by atoms with Crippen molar-refractivity contribution in [2.24, 2.45) is 0 Å². The maximum Gasteiger partial charge on any atom is 0.407 e. The van der Waals surface area contributed by atoms with Gasteiger partial charge in [0.05, 0.1) is 25.3 Å². The predicted octanol–water partition coefficient (Wildman–Crippen LogP) is 2.47. The molecule has 1 aromatic carbocycles. The fourth-order valence-electron chi connectivity index (χ4n) is 1.48. The summed E-state index contributed by atoms with van der Waals surface area (Å²) in [5, 5.41) is 11.4. The summed E-state index contributed by atoms with van der Waals surface area (Å²) in [6.07, 6.45) is -0.488. The Morgan fingerprint density at radius 3 is 2.62 bits per heavy atom. The van der Waals surface area contributed by atoms with E-state index in [0.717, 1.165) is 0 Å². The van der Waals surface area contributed by atoms with Gasteiger partial charge in [0.1, 0.15) is 12.2 Å². The van der Waals surface area contributed by atoms with E-state index in [2.05, 4.69) is 5.32 Å². The number of hydrogen-bond acceptors (Lipinski definition) is 5. The molecule has 0 spiro atoms. The number of nitrogens with zero attached hydrogens (tertiary/aromatic N) is 1. The molecule has 6 nitrogen and oxygen atoms in total. The molecular weight excluding hydrogens is 272 g/mol. The Kier molecular flexibility index (Phi) is 5.85. The number of hydrogen-bond donors (Lipinski definition) is 1. The number of benzene rings is 1. The summed E-state index contributed by atoms with van der Waals surface area (Å²) >= 11 is 0. The van der Waals surface area contributed by atoms with Crippen molar-refractivity contribution in [3.8, 4) is 17.6 Å².